The lowest BCUT2D eigenvalue weighted by Crippen LogP contribution is -2.42. The first-order valence-electron chi connectivity index (χ1n) is 6.21. The molecule has 0 radical (unpaired) electrons. The van der Waals surface area contributed by atoms with Crippen molar-refractivity contribution in [3.05, 3.63) is 0 Å². The van der Waals surface area contributed by atoms with Crippen LogP contribution >= 0.6 is 0 Å². The first-order valence-corrected chi connectivity index (χ1v) is 6.21. The van der Waals surface area contributed by atoms with Gasteiger partial charge >= 0.3 is 12.1 Å². The van der Waals surface area contributed by atoms with Gasteiger partial charge in [-0.05, 0) is 18.8 Å². The van der Waals surface area contributed by atoms with Crippen molar-refractivity contribution in [2.75, 3.05) is 19.8 Å². The molecule has 0 aliphatic carbocycles. The minimum Gasteiger partial charge on any atom is -0.480 e. The molecule has 0 bridgehead atoms. The SMILES string of the molecule is CCCOCCOC(=O)NC(CC(C)C)C(=O)O. The fourth-order valence-corrected chi connectivity index (χ4v) is 1.32. The predicted molar refractivity (Wildman–Crippen MR) is 66.5 cm³/mol. The van der Waals surface area contributed by atoms with Crippen molar-refractivity contribution >= 4 is 12.1 Å². The van der Waals surface area contributed by atoms with Crippen molar-refractivity contribution in [1.82, 2.24) is 5.32 Å². The maximum absolute atomic E-state index is 11.3. The van der Waals surface area contributed by atoms with Gasteiger partial charge in [0, 0.05) is 6.61 Å². The minimum absolute atomic E-state index is 0.125. The number of ether oxygens (including phenoxy) is 2. The standard InChI is InChI=1S/C12H23NO5/c1-4-5-17-6-7-18-12(16)13-10(11(14)15)8-9(2)3/h9-10H,4-8H2,1-3H3,(H,13,16)(H,14,15). The summed E-state index contributed by atoms with van der Waals surface area (Å²) in [6.07, 6.45) is 0.557. The van der Waals surface area contributed by atoms with E-state index in [4.69, 9.17) is 14.6 Å². The van der Waals surface area contributed by atoms with Crippen LogP contribution in [0.3, 0.4) is 0 Å². The molecule has 0 fully saturated rings. The molecular formula is C12H23NO5. The minimum atomic E-state index is -1.05. The molecule has 0 aliphatic heterocycles. The van der Waals surface area contributed by atoms with Crippen LogP contribution in [0, 0.1) is 5.92 Å². The van der Waals surface area contributed by atoms with E-state index in [1.165, 1.54) is 0 Å². The van der Waals surface area contributed by atoms with Crippen molar-refractivity contribution in [2.24, 2.45) is 5.92 Å². The zero-order chi connectivity index (χ0) is 14.0. The van der Waals surface area contributed by atoms with Gasteiger partial charge in [-0.1, -0.05) is 20.8 Å². The molecule has 2 N–H and O–H groups in total. The smallest absolute Gasteiger partial charge is 0.407 e. The molecule has 0 aromatic rings. The number of carboxylic acid groups (broad SMARTS) is 1. The van der Waals surface area contributed by atoms with E-state index < -0.39 is 18.1 Å². The predicted octanol–water partition coefficient (Wildman–Crippen LogP) is 1.64. The van der Waals surface area contributed by atoms with Gasteiger partial charge in [-0.3, -0.25) is 0 Å². The molecule has 0 aromatic heterocycles. The molecule has 0 heterocycles. The number of aliphatic carboxylic acids is 1. The maximum Gasteiger partial charge on any atom is 0.407 e. The number of amides is 1. The molecule has 0 aliphatic rings. The normalized spacial score (nSPS) is 12.2. The highest BCUT2D eigenvalue weighted by molar-refractivity contribution is 5.79. The molecular weight excluding hydrogens is 238 g/mol. The molecule has 0 spiro atoms. The second-order valence-electron chi connectivity index (χ2n) is 4.41. The Hall–Kier alpha value is -1.30. The molecule has 0 aromatic carbocycles. The zero-order valence-corrected chi connectivity index (χ0v) is 11.3. The summed E-state index contributed by atoms with van der Waals surface area (Å²) in [5, 5.41) is 11.2. The number of hydrogen-bond donors (Lipinski definition) is 2. The van der Waals surface area contributed by atoms with Crippen molar-refractivity contribution in [3.8, 4) is 0 Å². The van der Waals surface area contributed by atoms with Crippen molar-refractivity contribution in [3.63, 3.8) is 0 Å². The number of carboxylic acids is 1. The Morgan fingerprint density at radius 1 is 1.22 bits per heavy atom. The quantitative estimate of drug-likeness (QED) is 0.616. The fourth-order valence-electron chi connectivity index (χ4n) is 1.32. The number of nitrogens with one attached hydrogen (secondary N) is 1. The average Bonchev–Trinajstić information content (AvgIpc) is 2.27. The topological polar surface area (TPSA) is 84.9 Å². The van der Waals surface area contributed by atoms with E-state index in [9.17, 15) is 9.59 Å². The van der Waals surface area contributed by atoms with Crippen molar-refractivity contribution in [2.45, 2.75) is 39.7 Å². The van der Waals surface area contributed by atoms with Gasteiger partial charge in [-0.25, -0.2) is 9.59 Å². The Morgan fingerprint density at radius 3 is 2.39 bits per heavy atom. The lowest BCUT2D eigenvalue weighted by molar-refractivity contribution is -0.139. The third-order valence-electron chi connectivity index (χ3n) is 2.11. The summed E-state index contributed by atoms with van der Waals surface area (Å²) in [5.41, 5.74) is 0. The molecule has 106 valence electrons. The Kier molecular flexibility index (Phi) is 9.00. The maximum atomic E-state index is 11.3. The Morgan fingerprint density at radius 2 is 1.89 bits per heavy atom. The van der Waals surface area contributed by atoms with Gasteiger partial charge in [0.25, 0.3) is 0 Å². The number of carbonyl (C=O) groups excluding carboxylic acids is 1. The van der Waals surface area contributed by atoms with Crippen LogP contribution in [0.15, 0.2) is 0 Å². The van der Waals surface area contributed by atoms with Gasteiger partial charge in [-0.2, -0.15) is 0 Å². The summed E-state index contributed by atoms with van der Waals surface area (Å²) in [6.45, 7) is 6.83. The van der Waals surface area contributed by atoms with E-state index in [1.54, 1.807) is 0 Å². The largest absolute Gasteiger partial charge is 0.480 e. The third kappa shape index (κ3) is 8.81. The highest BCUT2D eigenvalue weighted by Gasteiger charge is 2.21. The Labute approximate surface area is 108 Å². The van der Waals surface area contributed by atoms with Gasteiger partial charge < -0.3 is 19.9 Å². The Bertz CT molecular complexity index is 255. The molecule has 0 rings (SSSR count). The summed E-state index contributed by atoms with van der Waals surface area (Å²) < 4.78 is 9.94. The van der Waals surface area contributed by atoms with Crippen LogP contribution < -0.4 is 5.32 Å². The van der Waals surface area contributed by atoms with Crippen molar-refractivity contribution < 1.29 is 24.2 Å². The van der Waals surface area contributed by atoms with Gasteiger partial charge in [0.05, 0.1) is 6.61 Å². The molecule has 1 atom stereocenters. The summed E-state index contributed by atoms with van der Waals surface area (Å²) in [6, 6.07) is -0.908. The van der Waals surface area contributed by atoms with Crippen LogP contribution in [0.1, 0.15) is 33.6 Å². The number of rotatable bonds is 9. The van der Waals surface area contributed by atoms with Crippen LogP contribution in [0.2, 0.25) is 0 Å². The number of carbonyl (C=O) groups is 2. The van der Waals surface area contributed by atoms with Crippen LogP contribution in [-0.2, 0) is 14.3 Å². The number of hydrogen-bond acceptors (Lipinski definition) is 4. The van der Waals surface area contributed by atoms with E-state index in [0.717, 1.165) is 6.42 Å². The fraction of sp³-hybridized carbons (Fsp3) is 0.833. The van der Waals surface area contributed by atoms with Crippen molar-refractivity contribution in [1.29, 1.82) is 0 Å². The van der Waals surface area contributed by atoms with Gasteiger partial charge in [0.2, 0.25) is 0 Å². The van der Waals surface area contributed by atoms with Crippen LogP contribution in [0.5, 0.6) is 0 Å². The molecule has 0 saturated heterocycles. The lowest BCUT2D eigenvalue weighted by Gasteiger charge is -2.16. The summed E-state index contributed by atoms with van der Waals surface area (Å²) in [5.74, 6) is -0.873. The van der Waals surface area contributed by atoms with Gasteiger partial charge in [0.1, 0.15) is 12.6 Å². The Balaban J connectivity index is 3.85. The highest BCUT2D eigenvalue weighted by atomic mass is 16.6. The second-order valence-corrected chi connectivity index (χ2v) is 4.41. The average molecular weight is 261 g/mol. The zero-order valence-electron chi connectivity index (χ0n) is 11.3. The first kappa shape index (κ1) is 16.7. The van der Waals surface area contributed by atoms with E-state index >= 15 is 0 Å². The van der Waals surface area contributed by atoms with Crippen LogP contribution in [-0.4, -0.2) is 43.0 Å². The molecule has 18 heavy (non-hydrogen) atoms. The van der Waals surface area contributed by atoms with E-state index in [-0.39, 0.29) is 12.5 Å². The van der Waals surface area contributed by atoms with Gasteiger partial charge in [-0.15, -0.1) is 0 Å². The molecule has 1 amide bonds. The van der Waals surface area contributed by atoms with E-state index in [1.807, 2.05) is 20.8 Å². The molecule has 6 heteroatoms. The lowest BCUT2D eigenvalue weighted by atomic mass is 10.0. The highest BCUT2D eigenvalue weighted by Crippen LogP contribution is 2.05. The summed E-state index contributed by atoms with van der Waals surface area (Å²) >= 11 is 0. The first-order chi connectivity index (χ1) is 8.47. The van der Waals surface area contributed by atoms with E-state index in [2.05, 4.69) is 5.32 Å². The third-order valence-corrected chi connectivity index (χ3v) is 2.11. The van der Waals surface area contributed by atoms with Crippen LogP contribution in [0.25, 0.3) is 0 Å². The van der Waals surface area contributed by atoms with Crippen LogP contribution in [0.4, 0.5) is 4.79 Å². The summed E-state index contributed by atoms with van der Waals surface area (Å²) in [4.78, 5) is 22.2. The molecule has 0 saturated carbocycles. The van der Waals surface area contributed by atoms with E-state index in [0.29, 0.717) is 19.6 Å². The summed E-state index contributed by atoms with van der Waals surface area (Å²) in [7, 11) is 0. The van der Waals surface area contributed by atoms with Gasteiger partial charge in [0.15, 0.2) is 0 Å². The molecule has 6 nitrogen and oxygen atoms in total. The molecule has 1 unspecified atom stereocenters. The monoisotopic (exact) mass is 261 g/mol. The number of alkyl carbamates (subject to hydrolysis) is 1. The second kappa shape index (κ2) is 9.70.